The molecule has 0 bridgehead atoms. The normalized spacial score (nSPS) is 16.5. The average Bonchev–Trinajstić information content (AvgIpc) is 3.20. The summed E-state index contributed by atoms with van der Waals surface area (Å²) >= 11 is 0. The number of aryl methyl sites for hydroxylation is 1. The molecule has 3 aromatic carbocycles. The Morgan fingerprint density at radius 1 is 0.970 bits per heavy atom. The molecule has 1 aliphatic heterocycles. The number of hydrogen-bond donors (Lipinski definition) is 1. The largest absolute Gasteiger partial charge is 0.284 e. The molecule has 172 valence electrons. The van der Waals surface area contributed by atoms with E-state index in [1.54, 1.807) is 24.3 Å². The molecule has 4 rings (SSSR count). The fourth-order valence-electron chi connectivity index (χ4n) is 3.77. The molecule has 10 heteroatoms. The summed E-state index contributed by atoms with van der Waals surface area (Å²) < 4.78 is 67.1. The lowest BCUT2D eigenvalue weighted by Crippen LogP contribution is -2.27. The fourth-order valence-corrected chi connectivity index (χ4v) is 5.75. The van der Waals surface area contributed by atoms with Crippen LogP contribution in [0.2, 0.25) is 0 Å². The van der Waals surface area contributed by atoms with Crippen LogP contribution in [0, 0.1) is 12.7 Å². The Kier molecular flexibility index (Phi) is 5.98. The molecule has 0 saturated carbocycles. The van der Waals surface area contributed by atoms with Crippen molar-refractivity contribution in [1.29, 1.82) is 0 Å². The van der Waals surface area contributed by atoms with Crippen LogP contribution in [0.5, 0.6) is 0 Å². The zero-order valence-electron chi connectivity index (χ0n) is 17.9. The summed E-state index contributed by atoms with van der Waals surface area (Å²) in [5.41, 5.74) is 3.15. The highest BCUT2D eigenvalue weighted by atomic mass is 32.2. The third-order valence-corrected chi connectivity index (χ3v) is 7.58. The van der Waals surface area contributed by atoms with Gasteiger partial charge < -0.3 is 0 Å². The van der Waals surface area contributed by atoms with E-state index in [-0.39, 0.29) is 11.3 Å². The van der Waals surface area contributed by atoms with E-state index in [1.165, 1.54) is 12.1 Å². The number of rotatable bonds is 6. The van der Waals surface area contributed by atoms with Crippen LogP contribution in [0.4, 0.5) is 10.1 Å². The average molecular weight is 488 g/mol. The van der Waals surface area contributed by atoms with Crippen molar-refractivity contribution >= 4 is 31.4 Å². The lowest BCUT2D eigenvalue weighted by molar-refractivity contribution is 0.370. The Bertz CT molecular complexity index is 1440. The van der Waals surface area contributed by atoms with Crippen molar-refractivity contribution in [3.05, 3.63) is 95.3 Å². The SMILES string of the molecule is Cc1ccccc1[C@@H]1CC(c2cccc(NS(C)(=O)=O)c2)=NN1S(=O)(=O)c1ccc(F)cc1. The summed E-state index contributed by atoms with van der Waals surface area (Å²) in [6.07, 6.45) is 1.34. The molecule has 0 saturated heterocycles. The van der Waals surface area contributed by atoms with E-state index < -0.39 is 31.9 Å². The molecule has 33 heavy (non-hydrogen) atoms. The van der Waals surface area contributed by atoms with Crippen molar-refractivity contribution in [3.8, 4) is 0 Å². The minimum absolute atomic E-state index is 0.0695. The summed E-state index contributed by atoms with van der Waals surface area (Å²) in [6, 6.07) is 18.1. The minimum atomic E-state index is -4.08. The molecule has 0 unspecified atom stereocenters. The lowest BCUT2D eigenvalue weighted by atomic mass is 9.96. The van der Waals surface area contributed by atoms with E-state index in [9.17, 15) is 21.2 Å². The zero-order chi connectivity index (χ0) is 23.8. The molecule has 0 aromatic heterocycles. The first-order valence-corrected chi connectivity index (χ1v) is 13.4. The van der Waals surface area contributed by atoms with Crippen LogP contribution < -0.4 is 4.72 Å². The molecular weight excluding hydrogens is 465 g/mol. The van der Waals surface area contributed by atoms with Crippen molar-refractivity contribution in [2.24, 2.45) is 5.10 Å². The van der Waals surface area contributed by atoms with E-state index in [2.05, 4.69) is 9.82 Å². The third kappa shape index (κ3) is 4.91. The van der Waals surface area contributed by atoms with Gasteiger partial charge >= 0.3 is 0 Å². The van der Waals surface area contributed by atoms with Gasteiger partial charge in [-0.3, -0.25) is 4.72 Å². The second-order valence-electron chi connectivity index (χ2n) is 7.81. The highest BCUT2D eigenvalue weighted by Crippen LogP contribution is 2.38. The predicted molar refractivity (Wildman–Crippen MR) is 125 cm³/mol. The molecule has 0 amide bonds. The van der Waals surface area contributed by atoms with Crippen LogP contribution >= 0.6 is 0 Å². The standard InChI is InChI=1S/C23H22FN3O4S2/c1-16-6-3-4-9-21(16)23-15-22(17-7-5-8-19(14-17)26-32(2,28)29)25-27(23)33(30,31)20-12-10-18(24)11-13-20/h3-14,23,26H,15H2,1-2H3/t23-/m0/s1. The van der Waals surface area contributed by atoms with Gasteiger partial charge in [0, 0.05) is 12.1 Å². The van der Waals surface area contributed by atoms with Crippen LogP contribution in [0.1, 0.15) is 29.2 Å². The van der Waals surface area contributed by atoms with E-state index in [1.807, 2.05) is 31.2 Å². The molecule has 0 radical (unpaired) electrons. The van der Waals surface area contributed by atoms with E-state index >= 15 is 0 Å². The fraction of sp³-hybridized carbons (Fsp3) is 0.174. The number of halogens is 1. The first-order valence-electron chi connectivity index (χ1n) is 10.1. The summed E-state index contributed by atoms with van der Waals surface area (Å²) in [5, 5.41) is 4.46. The number of benzene rings is 3. The van der Waals surface area contributed by atoms with Crippen LogP contribution in [0.3, 0.4) is 0 Å². The predicted octanol–water partition coefficient (Wildman–Crippen LogP) is 4.05. The quantitative estimate of drug-likeness (QED) is 0.568. The molecule has 1 N–H and O–H groups in total. The summed E-state index contributed by atoms with van der Waals surface area (Å²) in [5.74, 6) is -0.537. The van der Waals surface area contributed by atoms with Gasteiger partial charge in [-0.2, -0.15) is 17.9 Å². The van der Waals surface area contributed by atoms with Gasteiger partial charge in [0.2, 0.25) is 10.0 Å². The highest BCUT2D eigenvalue weighted by molar-refractivity contribution is 7.92. The van der Waals surface area contributed by atoms with Gasteiger partial charge in [0.05, 0.1) is 22.9 Å². The molecule has 0 spiro atoms. The van der Waals surface area contributed by atoms with Crippen LogP contribution in [0.15, 0.2) is 82.8 Å². The monoisotopic (exact) mass is 487 g/mol. The van der Waals surface area contributed by atoms with Gasteiger partial charge in [-0.1, -0.05) is 36.4 Å². The molecule has 1 atom stereocenters. The molecule has 1 heterocycles. The third-order valence-electron chi connectivity index (χ3n) is 5.28. The van der Waals surface area contributed by atoms with Gasteiger partial charge in [0.1, 0.15) is 5.82 Å². The first-order chi connectivity index (χ1) is 15.5. The maximum Gasteiger partial charge on any atom is 0.279 e. The number of nitrogens with one attached hydrogen (secondary N) is 1. The summed E-state index contributed by atoms with van der Waals surface area (Å²) in [4.78, 5) is -0.0695. The molecule has 7 nitrogen and oxygen atoms in total. The summed E-state index contributed by atoms with van der Waals surface area (Å²) in [6.45, 7) is 1.90. The molecule has 1 aliphatic rings. The zero-order valence-corrected chi connectivity index (χ0v) is 19.6. The maximum atomic E-state index is 13.5. The maximum absolute atomic E-state index is 13.5. The van der Waals surface area contributed by atoms with Crippen molar-refractivity contribution in [2.45, 2.75) is 24.3 Å². The van der Waals surface area contributed by atoms with Crippen molar-refractivity contribution in [3.63, 3.8) is 0 Å². The van der Waals surface area contributed by atoms with Gasteiger partial charge in [0.25, 0.3) is 10.0 Å². The first kappa shape index (κ1) is 22.9. The number of nitrogens with zero attached hydrogens (tertiary/aromatic N) is 2. The Balaban J connectivity index is 1.80. The van der Waals surface area contributed by atoms with Crippen LogP contribution in [0.25, 0.3) is 0 Å². The molecule has 0 fully saturated rings. The molecular formula is C23H22FN3O4S2. The van der Waals surface area contributed by atoms with Crippen LogP contribution in [-0.2, 0) is 20.0 Å². The van der Waals surface area contributed by atoms with E-state index in [4.69, 9.17) is 0 Å². The van der Waals surface area contributed by atoms with Crippen molar-refractivity contribution in [1.82, 2.24) is 4.41 Å². The van der Waals surface area contributed by atoms with Crippen molar-refractivity contribution < 1.29 is 21.2 Å². The van der Waals surface area contributed by atoms with Crippen LogP contribution in [-0.4, -0.2) is 33.2 Å². The molecule has 0 aliphatic carbocycles. The Morgan fingerprint density at radius 3 is 2.33 bits per heavy atom. The van der Waals surface area contributed by atoms with E-state index in [0.29, 0.717) is 17.0 Å². The summed E-state index contributed by atoms with van der Waals surface area (Å²) in [7, 11) is -7.56. The number of sulfonamides is 2. The topological polar surface area (TPSA) is 95.9 Å². The Hall–Kier alpha value is -3.24. The number of hydrogen-bond acceptors (Lipinski definition) is 5. The van der Waals surface area contributed by atoms with Gasteiger partial charge in [-0.05, 0) is 60.0 Å². The van der Waals surface area contributed by atoms with E-state index in [0.717, 1.165) is 33.9 Å². The Labute approximate surface area is 192 Å². The second-order valence-corrected chi connectivity index (χ2v) is 11.4. The highest BCUT2D eigenvalue weighted by Gasteiger charge is 2.38. The smallest absolute Gasteiger partial charge is 0.279 e. The minimum Gasteiger partial charge on any atom is -0.284 e. The number of hydrazone groups is 1. The van der Waals surface area contributed by atoms with Gasteiger partial charge in [-0.25, -0.2) is 12.8 Å². The van der Waals surface area contributed by atoms with Crippen molar-refractivity contribution in [2.75, 3.05) is 11.0 Å². The van der Waals surface area contributed by atoms with Gasteiger partial charge in [0.15, 0.2) is 0 Å². The number of anilines is 1. The van der Waals surface area contributed by atoms with Gasteiger partial charge in [-0.15, -0.1) is 0 Å². The second kappa shape index (κ2) is 8.60. The molecule has 3 aromatic rings. The lowest BCUT2D eigenvalue weighted by Gasteiger charge is -2.24. The Morgan fingerprint density at radius 2 is 1.67 bits per heavy atom.